The smallest absolute Gasteiger partial charge is 0.127 e. The Labute approximate surface area is 58.3 Å². The van der Waals surface area contributed by atoms with Gasteiger partial charge >= 0.3 is 0 Å². The number of halogens is 2. The molecule has 2 heteroatoms. The molecule has 9 heavy (non-hydrogen) atoms. The fraction of sp³-hybridized carbons (Fsp3) is 0.143. The van der Waals surface area contributed by atoms with Gasteiger partial charge in [0.15, 0.2) is 0 Å². The molecule has 47 valence electrons. The van der Waals surface area contributed by atoms with Crippen LogP contribution in [0.1, 0.15) is 5.56 Å². The predicted molar refractivity (Wildman–Crippen MR) is 34.8 cm³/mol. The molecule has 0 saturated carbocycles. The van der Waals surface area contributed by atoms with E-state index in [0.717, 1.165) is 0 Å². The van der Waals surface area contributed by atoms with Crippen LogP contribution < -0.4 is 0 Å². The molecule has 0 aliphatic carbocycles. The Morgan fingerprint density at radius 3 is 2.89 bits per heavy atom. The maximum absolute atomic E-state index is 12.5. The third kappa shape index (κ3) is 1.42. The van der Waals surface area contributed by atoms with Crippen LogP contribution in [0.3, 0.4) is 0 Å². The zero-order chi connectivity index (χ0) is 6.69. The van der Waals surface area contributed by atoms with Crippen molar-refractivity contribution < 1.29 is 4.39 Å². The van der Waals surface area contributed by atoms with Crippen LogP contribution in [-0.2, 0) is 5.88 Å². The summed E-state index contributed by atoms with van der Waals surface area (Å²) in [5.74, 6) is -0.0489. The Morgan fingerprint density at radius 2 is 2.44 bits per heavy atom. The Balaban J connectivity index is 3.01. The van der Waals surface area contributed by atoms with Gasteiger partial charge in [0.25, 0.3) is 0 Å². The molecule has 1 aromatic rings. The van der Waals surface area contributed by atoms with Gasteiger partial charge in [-0.05, 0) is 18.2 Å². The second-order valence-electron chi connectivity index (χ2n) is 1.65. The van der Waals surface area contributed by atoms with Gasteiger partial charge in [-0.1, -0.05) is 6.07 Å². The highest BCUT2D eigenvalue weighted by Gasteiger charge is 1.95. The maximum atomic E-state index is 12.5. The van der Waals surface area contributed by atoms with Crippen molar-refractivity contribution >= 4 is 11.6 Å². The quantitative estimate of drug-likeness (QED) is 0.530. The topological polar surface area (TPSA) is 0 Å². The number of rotatable bonds is 1. The zero-order valence-corrected chi connectivity index (χ0v) is 5.45. The van der Waals surface area contributed by atoms with Gasteiger partial charge in [0.1, 0.15) is 5.82 Å². The first-order valence-corrected chi connectivity index (χ1v) is 3.08. The summed E-state index contributed by atoms with van der Waals surface area (Å²) in [5.41, 5.74) is 0.499. The summed E-state index contributed by atoms with van der Waals surface area (Å²) in [4.78, 5) is 0. The van der Waals surface area contributed by atoms with E-state index in [-0.39, 0.29) is 11.7 Å². The average Bonchev–Trinajstić information content (AvgIpc) is 1.89. The molecule has 1 aromatic carbocycles. The van der Waals surface area contributed by atoms with Gasteiger partial charge in [0.05, 0.1) is 5.88 Å². The fourth-order valence-corrected chi connectivity index (χ4v) is 0.753. The van der Waals surface area contributed by atoms with Crippen LogP contribution in [0.4, 0.5) is 4.39 Å². The van der Waals surface area contributed by atoms with Gasteiger partial charge in [0, 0.05) is 5.56 Å². The molecule has 0 fully saturated rings. The highest BCUT2D eigenvalue weighted by Crippen LogP contribution is 2.07. The van der Waals surface area contributed by atoms with Gasteiger partial charge in [-0.15, -0.1) is 11.6 Å². The zero-order valence-electron chi connectivity index (χ0n) is 4.70. The summed E-state index contributed by atoms with van der Waals surface area (Å²) in [6, 6.07) is 7.14. The predicted octanol–water partition coefficient (Wildman–Crippen LogP) is 2.36. The summed E-state index contributed by atoms with van der Waals surface area (Å²) >= 11 is 5.37. The summed E-state index contributed by atoms with van der Waals surface area (Å²) in [7, 11) is 0. The van der Waals surface area contributed by atoms with Crippen LogP contribution in [0.15, 0.2) is 18.2 Å². The molecule has 0 spiro atoms. The van der Waals surface area contributed by atoms with Gasteiger partial charge in [-0.3, -0.25) is 0 Å². The summed E-state index contributed by atoms with van der Waals surface area (Å²) in [6.07, 6.45) is 0. The van der Waals surface area contributed by atoms with E-state index in [1.54, 1.807) is 6.07 Å². The molecule has 0 aliphatic heterocycles. The molecule has 0 unspecified atom stereocenters. The standard InChI is InChI=1S/C7H5ClF/c8-5-6-3-1-2-4-7(6)9/h2-4H,5H2. The van der Waals surface area contributed by atoms with Gasteiger partial charge in [-0.25, -0.2) is 4.39 Å². The Morgan fingerprint density at radius 1 is 1.67 bits per heavy atom. The van der Waals surface area contributed by atoms with E-state index in [0.29, 0.717) is 5.56 Å². The van der Waals surface area contributed by atoms with Crippen molar-refractivity contribution in [1.29, 1.82) is 0 Å². The lowest BCUT2D eigenvalue weighted by Crippen LogP contribution is -1.82. The Kier molecular flexibility index (Phi) is 2.06. The average molecular weight is 144 g/mol. The second kappa shape index (κ2) is 2.83. The van der Waals surface area contributed by atoms with Crippen LogP contribution in [0, 0.1) is 11.9 Å². The number of benzene rings is 1. The summed E-state index contributed by atoms with van der Waals surface area (Å²) < 4.78 is 12.5. The van der Waals surface area contributed by atoms with Crippen LogP contribution in [0.25, 0.3) is 0 Å². The Bertz CT molecular complexity index is 198. The second-order valence-corrected chi connectivity index (χ2v) is 1.92. The van der Waals surface area contributed by atoms with Crippen LogP contribution in [-0.4, -0.2) is 0 Å². The van der Waals surface area contributed by atoms with E-state index < -0.39 is 0 Å². The van der Waals surface area contributed by atoms with Gasteiger partial charge in [0.2, 0.25) is 0 Å². The largest absolute Gasteiger partial charge is 0.207 e. The minimum Gasteiger partial charge on any atom is -0.207 e. The van der Waals surface area contributed by atoms with Crippen molar-refractivity contribution in [3.05, 3.63) is 35.6 Å². The van der Waals surface area contributed by atoms with Crippen molar-refractivity contribution in [3.63, 3.8) is 0 Å². The van der Waals surface area contributed by atoms with Gasteiger partial charge < -0.3 is 0 Å². The lowest BCUT2D eigenvalue weighted by atomic mass is 10.2. The van der Waals surface area contributed by atoms with Crippen molar-refractivity contribution in [2.75, 3.05) is 0 Å². The number of alkyl halides is 1. The summed E-state index contributed by atoms with van der Waals surface area (Å²) in [6.45, 7) is 0. The first kappa shape index (κ1) is 6.56. The van der Waals surface area contributed by atoms with E-state index in [2.05, 4.69) is 6.07 Å². The molecule has 1 rings (SSSR count). The molecule has 0 bridgehead atoms. The number of hydrogen-bond acceptors (Lipinski definition) is 0. The lowest BCUT2D eigenvalue weighted by molar-refractivity contribution is 0.617. The minimum absolute atomic E-state index is 0.211. The van der Waals surface area contributed by atoms with E-state index in [1.165, 1.54) is 12.1 Å². The van der Waals surface area contributed by atoms with Crippen molar-refractivity contribution in [1.82, 2.24) is 0 Å². The van der Waals surface area contributed by atoms with Gasteiger partial charge in [-0.2, -0.15) is 0 Å². The van der Waals surface area contributed by atoms with E-state index in [1.807, 2.05) is 0 Å². The summed E-state index contributed by atoms with van der Waals surface area (Å²) in [5, 5.41) is 0. The molecule has 0 atom stereocenters. The maximum Gasteiger partial charge on any atom is 0.127 e. The third-order valence-electron chi connectivity index (χ3n) is 1.03. The molecule has 0 aromatic heterocycles. The van der Waals surface area contributed by atoms with E-state index in [9.17, 15) is 4.39 Å². The third-order valence-corrected chi connectivity index (χ3v) is 1.32. The van der Waals surface area contributed by atoms with Crippen molar-refractivity contribution in [2.24, 2.45) is 0 Å². The fourth-order valence-electron chi connectivity index (χ4n) is 0.548. The SMILES string of the molecule is Fc1cc[c]cc1CCl. The molecule has 0 amide bonds. The minimum atomic E-state index is -0.260. The van der Waals surface area contributed by atoms with Crippen LogP contribution >= 0.6 is 11.6 Å². The molecule has 0 saturated heterocycles. The van der Waals surface area contributed by atoms with E-state index >= 15 is 0 Å². The molecule has 0 nitrogen and oxygen atoms in total. The molecule has 1 radical (unpaired) electrons. The first-order chi connectivity index (χ1) is 4.34. The van der Waals surface area contributed by atoms with Crippen molar-refractivity contribution in [3.8, 4) is 0 Å². The first-order valence-electron chi connectivity index (χ1n) is 2.55. The molecule has 0 N–H and O–H groups in total. The molecule has 0 aliphatic rings. The molecule has 0 heterocycles. The van der Waals surface area contributed by atoms with Crippen LogP contribution in [0.2, 0.25) is 0 Å². The van der Waals surface area contributed by atoms with Crippen LogP contribution in [0.5, 0.6) is 0 Å². The highest BCUT2D eigenvalue weighted by molar-refractivity contribution is 6.17. The highest BCUT2D eigenvalue weighted by atomic mass is 35.5. The van der Waals surface area contributed by atoms with E-state index in [4.69, 9.17) is 11.6 Å². The lowest BCUT2D eigenvalue weighted by Gasteiger charge is -1.93. The molecular weight excluding hydrogens is 139 g/mol. The Hall–Kier alpha value is -0.560. The normalized spacial score (nSPS) is 9.56. The molecular formula is C7H5ClF. The number of hydrogen-bond donors (Lipinski definition) is 0. The monoisotopic (exact) mass is 143 g/mol. The van der Waals surface area contributed by atoms with Crippen molar-refractivity contribution in [2.45, 2.75) is 5.88 Å².